The average Bonchev–Trinajstić information content (AvgIpc) is 3.26. The van der Waals surface area contributed by atoms with Gasteiger partial charge in [-0.25, -0.2) is 0 Å². The van der Waals surface area contributed by atoms with Gasteiger partial charge in [-0.3, -0.25) is 19.6 Å². The predicted molar refractivity (Wildman–Crippen MR) is 127 cm³/mol. The van der Waals surface area contributed by atoms with Crippen LogP contribution in [0.3, 0.4) is 0 Å². The number of amides is 2. The number of hydrogen-bond donors (Lipinski definition) is 3. The molecule has 3 N–H and O–H groups in total. The van der Waals surface area contributed by atoms with E-state index in [1.165, 1.54) is 6.20 Å². The largest absolute Gasteiger partial charge is 0.487 e. The van der Waals surface area contributed by atoms with Crippen LogP contribution in [0.5, 0.6) is 5.75 Å². The molecule has 2 aliphatic rings. The summed E-state index contributed by atoms with van der Waals surface area (Å²) in [4.78, 5) is 33.2. The monoisotopic (exact) mass is 474 g/mol. The van der Waals surface area contributed by atoms with Gasteiger partial charge in [0.2, 0.25) is 5.91 Å². The zero-order chi connectivity index (χ0) is 24.2. The highest BCUT2D eigenvalue weighted by Crippen LogP contribution is 2.47. The van der Waals surface area contributed by atoms with Crippen molar-refractivity contribution in [3.63, 3.8) is 0 Å². The van der Waals surface area contributed by atoms with Crippen molar-refractivity contribution in [2.45, 2.75) is 43.6 Å². The molecule has 35 heavy (non-hydrogen) atoms. The molecule has 1 saturated heterocycles. The topological polar surface area (TPSA) is 123 Å². The Morgan fingerprint density at radius 2 is 1.91 bits per heavy atom. The van der Waals surface area contributed by atoms with E-state index < -0.39 is 6.10 Å². The molecule has 2 aromatic heterocycles. The summed E-state index contributed by atoms with van der Waals surface area (Å²) in [5.74, 6) is 0.243. The molecular formula is C26H26N4O5. The Morgan fingerprint density at radius 1 is 1.09 bits per heavy atom. The Bertz CT molecular complexity index is 1190. The Labute approximate surface area is 202 Å². The van der Waals surface area contributed by atoms with Crippen LogP contribution >= 0.6 is 0 Å². The zero-order valence-electron chi connectivity index (χ0n) is 19.0. The van der Waals surface area contributed by atoms with Crippen LogP contribution in [-0.4, -0.2) is 51.8 Å². The number of ether oxygens (including phenoxy) is 2. The van der Waals surface area contributed by atoms with E-state index >= 15 is 0 Å². The van der Waals surface area contributed by atoms with E-state index in [1.807, 2.05) is 24.3 Å². The molecule has 3 aromatic rings. The molecule has 1 fully saturated rings. The van der Waals surface area contributed by atoms with Crippen molar-refractivity contribution in [1.82, 2.24) is 15.3 Å². The molecule has 4 heterocycles. The zero-order valence-corrected chi connectivity index (χ0v) is 19.0. The third-order valence-corrected chi connectivity index (χ3v) is 6.31. The molecule has 1 aromatic carbocycles. The number of nitrogens with one attached hydrogen (secondary N) is 2. The van der Waals surface area contributed by atoms with Gasteiger partial charge in [-0.2, -0.15) is 0 Å². The van der Waals surface area contributed by atoms with Gasteiger partial charge in [-0.15, -0.1) is 0 Å². The van der Waals surface area contributed by atoms with Crippen LogP contribution in [-0.2, 0) is 16.1 Å². The SMILES string of the molecule is O=C(C[C@@H]1C[C@H]2c3cc(NC(=O)c4cccnc4)ccc3O[C@H]2[C@@H](CO)O1)NCc1cccnc1. The predicted octanol–water partition coefficient (Wildman–Crippen LogP) is 2.43. The van der Waals surface area contributed by atoms with Crippen LogP contribution in [0.15, 0.2) is 67.3 Å². The Morgan fingerprint density at radius 3 is 2.66 bits per heavy atom. The Balaban J connectivity index is 1.26. The summed E-state index contributed by atoms with van der Waals surface area (Å²) in [6.45, 7) is 0.175. The summed E-state index contributed by atoms with van der Waals surface area (Å²) in [5, 5.41) is 15.7. The van der Waals surface area contributed by atoms with E-state index in [4.69, 9.17) is 9.47 Å². The van der Waals surface area contributed by atoms with Gasteiger partial charge >= 0.3 is 0 Å². The normalized spacial score (nSPS) is 22.4. The molecule has 9 heteroatoms. The van der Waals surface area contributed by atoms with Gasteiger partial charge < -0.3 is 25.2 Å². The molecule has 4 atom stereocenters. The van der Waals surface area contributed by atoms with Crippen molar-refractivity contribution in [3.8, 4) is 5.75 Å². The second-order valence-electron chi connectivity index (χ2n) is 8.69. The minimum absolute atomic E-state index is 0.0673. The van der Waals surface area contributed by atoms with Crippen LogP contribution in [0, 0.1) is 0 Å². The number of anilines is 1. The number of carbonyl (C=O) groups is 2. The second kappa shape index (κ2) is 10.2. The lowest BCUT2D eigenvalue weighted by Crippen LogP contribution is -2.47. The fourth-order valence-corrected chi connectivity index (χ4v) is 4.65. The van der Waals surface area contributed by atoms with E-state index in [0.29, 0.717) is 30.0 Å². The summed E-state index contributed by atoms with van der Waals surface area (Å²) in [5.41, 5.74) is 2.95. The van der Waals surface area contributed by atoms with E-state index in [2.05, 4.69) is 20.6 Å². The van der Waals surface area contributed by atoms with E-state index in [9.17, 15) is 14.7 Å². The van der Waals surface area contributed by atoms with Crippen molar-refractivity contribution in [1.29, 1.82) is 0 Å². The molecule has 0 saturated carbocycles. The van der Waals surface area contributed by atoms with E-state index in [1.54, 1.807) is 36.8 Å². The number of benzene rings is 1. The van der Waals surface area contributed by atoms with Crippen molar-refractivity contribution in [3.05, 3.63) is 83.9 Å². The van der Waals surface area contributed by atoms with E-state index in [0.717, 1.165) is 11.1 Å². The molecule has 5 rings (SSSR count). The highest BCUT2D eigenvalue weighted by molar-refractivity contribution is 6.04. The van der Waals surface area contributed by atoms with Crippen LogP contribution in [0.1, 0.15) is 40.2 Å². The average molecular weight is 475 g/mol. The molecule has 0 radical (unpaired) electrons. The van der Waals surface area contributed by atoms with Gasteiger partial charge in [-0.1, -0.05) is 6.07 Å². The van der Waals surface area contributed by atoms with Gasteiger partial charge in [0, 0.05) is 48.5 Å². The Hall–Kier alpha value is -3.82. The van der Waals surface area contributed by atoms with Gasteiger partial charge in [0.1, 0.15) is 18.0 Å². The molecule has 9 nitrogen and oxygen atoms in total. The highest BCUT2D eigenvalue weighted by atomic mass is 16.6. The Kier molecular flexibility index (Phi) is 6.69. The molecule has 0 spiro atoms. The summed E-state index contributed by atoms with van der Waals surface area (Å²) in [7, 11) is 0. The number of rotatable bonds is 7. The minimum atomic E-state index is -0.550. The van der Waals surface area contributed by atoms with Crippen molar-refractivity contribution < 1.29 is 24.2 Å². The second-order valence-corrected chi connectivity index (χ2v) is 8.69. The van der Waals surface area contributed by atoms with Gasteiger partial charge in [-0.05, 0) is 48.4 Å². The van der Waals surface area contributed by atoms with Crippen molar-refractivity contribution >= 4 is 17.5 Å². The number of fused-ring (bicyclic) bond motifs is 3. The highest BCUT2D eigenvalue weighted by Gasteiger charge is 2.46. The number of aliphatic hydroxyl groups excluding tert-OH is 1. The van der Waals surface area contributed by atoms with Crippen LogP contribution < -0.4 is 15.4 Å². The smallest absolute Gasteiger partial charge is 0.257 e. The third kappa shape index (κ3) is 5.16. The standard InChI is InChI=1S/C26H26N4O5/c31-15-23-25-21(10-19(34-23)11-24(32)29-13-16-3-1-7-27-12-16)20-9-18(5-6-22(20)35-25)30-26(33)17-4-2-8-28-14-17/h1-9,12,14,19,21,23,25,31H,10-11,13,15H2,(H,29,32)(H,30,33)/t19-,21-,23+,25+/m0/s1. The van der Waals surface area contributed by atoms with Gasteiger partial charge in [0.15, 0.2) is 0 Å². The number of aromatic nitrogens is 2. The molecular weight excluding hydrogens is 448 g/mol. The number of carbonyl (C=O) groups excluding carboxylic acids is 2. The minimum Gasteiger partial charge on any atom is -0.487 e. The fourth-order valence-electron chi connectivity index (χ4n) is 4.65. The van der Waals surface area contributed by atoms with Crippen LogP contribution in [0.2, 0.25) is 0 Å². The first kappa shape index (κ1) is 22.9. The van der Waals surface area contributed by atoms with Gasteiger partial charge in [0.05, 0.1) is 24.7 Å². The molecule has 0 unspecified atom stereocenters. The lowest BCUT2D eigenvalue weighted by molar-refractivity contribution is -0.142. The molecule has 0 bridgehead atoms. The van der Waals surface area contributed by atoms with Crippen molar-refractivity contribution in [2.24, 2.45) is 0 Å². The molecule has 180 valence electrons. The van der Waals surface area contributed by atoms with Crippen molar-refractivity contribution in [2.75, 3.05) is 11.9 Å². The maximum atomic E-state index is 12.6. The van der Waals surface area contributed by atoms with Crippen LogP contribution in [0.25, 0.3) is 0 Å². The summed E-state index contributed by atoms with van der Waals surface area (Å²) in [6, 6.07) is 12.6. The first-order valence-corrected chi connectivity index (χ1v) is 11.5. The fraction of sp³-hybridized carbons (Fsp3) is 0.308. The summed E-state index contributed by atoms with van der Waals surface area (Å²) in [6.07, 6.45) is 5.98. The molecule has 0 aliphatic carbocycles. The summed E-state index contributed by atoms with van der Waals surface area (Å²) < 4.78 is 12.1. The summed E-state index contributed by atoms with van der Waals surface area (Å²) >= 11 is 0. The number of pyridine rings is 2. The number of nitrogens with zero attached hydrogens (tertiary/aromatic N) is 2. The lowest BCUT2D eigenvalue weighted by atomic mass is 9.84. The van der Waals surface area contributed by atoms with Gasteiger partial charge in [0.25, 0.3) is 5.91 Å². The van der Waals surface area contributed by atoms with E-state index in [-0.39, 0.29) is 43.0 Å². The maximum absolute atomic E-state index is 12.6. The first-order chi connectivity index (χ1) is 17.1. The quantitative estimate of drug-likeness (QED) is 0.481. The lowest BCUT2D eigenvalue weighted by Gasteiger charge is -2.37. The molecule has 2 aliphatic heterocycles. The number of aliphatic hydroxyl groups is 1. The maximum Gasteiger partial charge on any atom is 0.257 e. The van der Waals surface area contributed by atoms with Crippen LogP contribution in [0.4, 0.5) is 5.69 Å². The first-order valence-electron chi connectivity index (χ1n) is 11.5. The third-order valence-electron chi connectivity index (χ3n) is 6.31. The number of hydrogen-bond acceptors (Lipinski definition) is 7. The molecule has 2 amide bonds.